The van der Waals surface area contributed by atoms with Crippen LogP contribution in [0.4, 0.5) is 15.8 Å². The molecule has 0 aliphatic carbocycles. The molecule has 0 bridgehead atoms. The highest BCUT2D eigenvalue weighted by Gasteiger charge is 2.09. The molecular formula is C21H20FN3O2. The number of rotatable bonds is 7. The standard InChI is InChI=1S/C21H20FN3O2/c1-27-19-7-2-4-15(12-19)8-10-23-17-9-11-24-20(14-17)21(26)25-18-6-3-5-16(22)13-18/h2-7,9,11-14H,8,10H2,1H3,(H,23,24)(H,25,26). The summed E-state index contributed by atoms with van der Waals surface area (Å²) in [6.07, 6.45) is 2.37. The number of halogens is 1. The van der Waals surface area contributed by atoms with Crippen LogP contribution in [0.2, 0.25) is 0 Å². The minimum Gasteiger partial charge on any atom is -0.497 e. The molecule has 0 radical (unpaired) electrons. The lowest BCUT2D eigenvalue weighted by atomic mass is 10.1. The van der Waals surface area contributed by atoms with E-state index in [4.69, 9.17) is 4.74 Å². The van der Waals surface area contributed by atoms with Gasteiger partial charge < -0.3 is 15.4 Å². The van der Waals surface area contributed by atoms with E-state index in [1.54, 1.807) is 31.5 Å². The molecule has 3 aromatic rings. The third-order valence-electron chi connectivity index (χ3n) is 3.95. The zero-order valence-corrected chi connectivity index (χ0v) is 14.9. The van der Waals surface area contributed by atoms with Crippen LogP contribution in [-0.4, -0.2) is 24.5 Å². The SMILES string of the molecule is COc1cccc(CCNc2ccnc(C(=O)Nc3cccc(F)c3)c2)c1. The topological polar surface area (TPSA) is 63.2 Å². The maximum Gasteiger partial charge on any atom is 0.274 e. The second-order valence-corrected chi connectivity index (χ2v) is 5.92. The number of nitrogens with zero attached hydrogens (tertiary/aromatic N) is 1. The molecule has 0 spiro atoms. The van der Waals surface area contributed by atoms with E-state index in [2.05, 4.69) is 15.6 Å². The van der Waals surface area contributed by atoms with Crippen molar-refractivity contribution >= 4 is 17.3 Å². The fourth-order valence-electron chi connectivity index (χ4n) is 2.61. The van der Waals surface area contributed by atoms with Gasteiger partial charge in [-0.25, -0.2) is 4.39 Å². The fraction of sp³-hybridized carbons (Fsp3) is 0.143. The Morgan fingerprint density at radius 3 is 2.74 bits per heavy atom. The van der Waals surface area contributed by atoms with Gasteiger partial charge in [0.15, 0.2) is 0 Å². The summed E-state index contributed by atoms with van der Waals surface area (Å²) in [4.78, 5) is 16.4. The Morgan fingerprint density at radius 2 is 1.93 bits per heavy atom. The van der Waals surface area contributed by atoms with Crippen molar-refractivity contribution in [2.75, 3.05) is 24.3 Å². The van der Waals surface area contributed by atoms with Crippen molar-refractivity contribution in [3.05, 3.63) is 83.9 Å². The highest BCUT2D eigenvalue weighted by Crippen LogP contribution is 2.15. The average molecular weight is 365 g/mol. The molecule has 0 aliphatic rings. The van der Waals surface area contributed by atoms with Gasteiger partial charge in [-0.3, -0.25) is 9.78 Å². The lowest BCUT2D eigenvalue weighted by Crippen LogP contribution is -2.14. The maximum atomic E-state index is 13.2. The lowest BCUT2D eigenvalue weighted by Gasteiger charge is -2.09. The molecule has 0 unspecified atom stereocenters. The summed E-state index contributed by atoms with van der Waals surface area (Å²) < 4.78 is 18.4. The first-order chi connectivity index (χ1) is 13.1. The molecule has 0 saturated heterocycles. The number of pyridine rings is 1. The highest BCUT2D eigenvalue weighted by molar-refractivity contribution is 6.03. The van der Waals surface area contributed by atoms with Crippen LogP contribution in [0, 0.1) is 5.82 Å². The normalized spacial score (nSPS) is 10.3. The minimum absolute atomic E-state index is 0.255. The summed E-state index contributed by atoms with van der Waals surface area (Å²) in [7, 11) is 1.64. The van der Waals surface area contributed by atoms with Crippen LogP contribution in [0.1, 0.15) is 16.1 Å². The van der Waals surface area contributed by atoms with E-state index in [0.717, 1.165) is 23.4 Å². The molecule has 2 aromatic carbocycles. The Balaban J connectivity index is 1.58. The van der Waals surface area contributed by atoms with Crippen LogP contribution in [-0.2, 0) is 6.42 Å². The van der Waals surface area contributed by atoms with Crippen LogP contribution in [0.15, 0.2) is 66.9 Å². The van der Waals surface area contributed by atoms with E-state index < -0.39 is 11.7 Å². The van der Waals surface area contributed by atoms with E-state index in [1.165, 1.54) is 18.2 Å². The molecule has 1 heterocycles. The third-order valence-corrected chi connectivity index (χ3v) is 3.95. The monoisotopic (exact) mass is 365 g/mol. The van der Waals surface area contributed by atoms with Crippen molar-refractivity contribution < 1.29 is 13.9 Å². The summed E-state index contributed by atoms with van der Waals surface area (Å²) in [6.45, 7) is 0.697. The first-order valence-corrected chi connectivity index (χ1v) is 8.54. The minimum atomic E-state index is -0.409. The molecular weight excluding hydrogens is 345 g/mol. The summed E-state index contributed by atoms with van der Waals surface area (Å²) >= 11 is 0. The van der Waals surface area contributed by atoms with Crippen LogP contribution in [0.25, 0.3) is 0 Å². The van der Waals surface area contributed by atoms with Gasteiger partial charge >= 0.3 is 0 Å². The smallest absolute Gasteiger partial charge is 0.274 e. The van der Waals surface area contributed by atoms with Crippen LogP contribution < -0.4 is 15.4 Å². The van der Waals surface area contributed by atoms with Gasteiger partial charge in [-0.05, 0) is 54.4 Å². The Bertz CT molecular complexity index is 931. The first-order valence-electron chi connectivity index (χ1n) is 8.54. The van der Waals surface area contributed by atoms with E-state index in [-0.39, 0.29) is 5.69 Å². The molecule has 0 atom stereocenters. The van der Waals surface area contributed by atoms with Gasteiger partial charge in [-0.1, -0.05) is 18.2 Å². The van der Waals surface area contributed by atoms with Crippen LogP contribution in [0.3, 0.4) is 0 Å². The third kappa shape index (κ3) is 5.28. The Kier molecular flexibility index (Phi) is 5.99. The summed E-state index contributed by atoms with van der Waals surface area (Å²) in [5.74, 6) is 0.0264. The number of ether oxygens (including phenoxy) is 1. The zero-order valence-electron chi connectivity index (χ0n) is 14.9. The average Bonchev–Trinajstić information content (AvgIpc) is 2.68. The zero-order chi connectivity index (χ0) is 19.1. The fourth-order valence-corrected chi connectivity index (χ4v) is 2.61. The number of hydrogen-bond acceptors (Lipinski definition) is 4. The Labute approximate surface area is 157 Å². The van der Waals surface area contributed by atoms with Crippen molar-refractivity contribution in [2.24, 2.45) is 0 Å². The molecule has 2 N–H and O–H groups in total. The van der Waals surface area contributed by atoms with Gasteiger partial charge in [0.25, 0.3) is 5.91 Å². The van der Waals surface area contributed by atoms with Gasteiger partial charge in [0.2, 0.25) is 0 Å². The quantitative estimate of drug-likeness (QED) is 0.661. The molecule has 1 aromatic heterocycles. The molecule has 0 fully saturated rings. The molecule has 1 amide bonds. The molecule has 6 heteroatoms. The molecule has 138 valence electrons. The van der Waals surface area contributed by atoms with Gasteiger partial charge in [-0.2, -0.15) is 0 Å². The number of amides is 1. The summed E-state index contributed by atoms with van der Waals surface area (Å²) in [5.41, 5.74) is 2.58. The lowest BCUT2D eigenvalue weighted by molar-refractivity contribution is 0.102. The van der Waals surface area contributed by atoms with Gasteiger partial charge in [0, 0.05) is 24.1 Å². The van der Waals surface area contributed by atoms with E-state index in [9.17, 15) is 9.18 Å². The van der Waals surface area contributed by atoms with Crippen LogP contribution >= 0.6 is 0 Å². The highest BCUT2D eigenvalue weighted by atomic mass is 19.1. The number of nitrogens with one attached hydrogen (secondary N) is 2. The number of benzene rings is 2. The molecule has 27 heavy (non-hydrogen) atoms. The molecule has 3 rings (SSSR count). The molecule has 0 aliphatic heterocycles. The van der Waals surface area contributed by atoms with Crippen molar-refractivity contribution in [1.29, 1.82) is 0 Å². The van der Waals surface area contributed by atoms with Crippen LogP contribution in [0.5, 0.6) is 5.75 Å². The van der Waals surface area contributed by atoms with E-state index in [1.807, 2.05) is 24.3 Å². The molecule has 5 nitrogen and oxygen atoms in total. The van der Waals surface area contributed by atoms with E-state index >= 15 is 0 Å². The number of anilines is 2. The molecule has 0 saturated carbocycles. The Hall–Kier alpha value is -3.41. The van der Waals surface area contributed by atoms with Crippen molar-refractivity contribution in [3.63, 3.8) is 0 Å². The van der Waals surface area contributed by atoms with E-state index in [0.29, 0.717) is 12.2 Å². The summed E-state index contributed by atoms with van der Waals surface area (Å²) in [6, 6.07) is 17.1. The number of hydrogen-bond donors (Lipinski definition) is 2. The summed E-state index contributed by atoms with van der Waals surface area (Å²) in [5, 5.41) is 5.92. The first kappa shape index (κ1) is 18.4. The Morgan fingerprint density at radius 1 is 1.07 bits per heavy atom. The second kappa shape index (κ2) is 8.80. The predicted molar refractivity (Wildman–Crippen MR) is 104 cm³/mol. The van der Waals surface area contributed by atoms with Crippen molar-refractivity contribution in [2.45, 2.75) is 6.42 Å². The number of methoxy groups -OCH3 is 1. The van der Waals surface area contributed by atoms with Gasteiger partial charge in [-0.15, -0.1) is 0 Å². The second-order valence-electron chi connectivity index (χ2n) is 5.92. The van der Waals surface area contributed by atoms with Gasteiger partial charge in [0.05, 0.1) is 7.11 Å². The maximum absolute atomic E-state index is 13.2. The van der Waals surface area contributed by atoms with Crippen molar-refractivity contribution in [1.82, 2.24) is 4.98 Å². The number of carbonyl (C=O) groups excluding carboxylic acids is 1. The van der Waals surface area contributed by atoms with Crippen molar-refractivity contribution in [3.8, 4) is 5.75 Å². The van der Waals surface area contributed by atoms with Gasteiger partial charge in [0.1, 0.15) is 17.3 Å². The predicted octanol–water partition coefficient (Wildman–Crippen LogP) is 4.14. The largest absolute Gasteiger partial charge is 0.497 e. The number of carbonyl (C=O) groups is 1. The number of aromatic nitrogens is 1.